The molecule has 0 radical (unpaired) electrons. The van der Waals surface area contributed by atoms with Crippen molar-refractivity contribution in [2.45, 2.75) is 26.2 Å². The summed E-state index contributed by atoms with van der Waals surface area (Å²) in [7, 11) is 0. The van der Waals surface area contributed by atoms with Crippen LogP contribution in [0.1, 0.15) is 25.5 Å². The number of hydrogen-bond acceptors (Lipinski definition) is 4. The van der Waals surface area contributed by atoms with Crippen LogP contribution in [0.2, 0.25) is 0 Å². The topological polar surface area (TPSA) is 79.3 Å². The van der Waals surface area contributed by atoms with Gasteiger partial charge in [0.2, 0.25) is 5.91 Å². The second-order valence-corrected chi connectivity index (χ2v) is 3.87. The average molecular weight is 228 g/mol. The van der Waals surface area contributed by atoms with Crippen LogP contribution >= 0.6 is 11.3 Å². The van der Waals surface area contributed by atoms with E-state index in [0.29, 0.717) is 17.2 Å². The smallest absolute Gasteiger partial charge is 0.309 e. The maximum atomic E-state index is 11.2. The van der Waals surface area contributed by atoms with E-state index in [1.165, 1.54) is 11.3 Å². The van der Waals surface area contributed by atoms with Crippen molar-refractivity contribution < 1.29 is 14.7 Å². The van der Waals surface area contributed by atoms with Gasteiger partial charge in [0, 0.05) is 11.8 Å². The minimum atomic E-state index is -0.924. The van der Waals surface area contributed by atoms with Crippen molar-refractivity contribution in [3.05, 3.63) is 11.1 Å². The molecule has 0 saturated carbocycles. The Balaban J connectivity index is 2.52. The van der Waals surface area contributed by atoms with Crippen molar-refractivity contribution in [1.29, 1.82) is 0 Å². The quantitative estimate of drug-likeness (QED) is 0.800. The predicted octanol–water partition coefficient (Wildman–Crippen LogP) is 1.51. The van der Waals surface area contributed by atoms with E-state index in [0.717, 1.165) is 6.42 Å². The second kappa shape index (κ2) is 5.45. The number of nitrogens with zero attached hydrogens (tertiary/aromatic N) is 1. The Morgan fingerprint density at radius 3 is 2.93 bits per heavy atom. The number of carbonyl (C=O) groups excluding carboxylic acids is 1. The summed E-state index contributed by atoms with van der Waals surface area (Å²) in [6.07, 6.45) is 1.12. The van der Waals surface area contributed by atoms with Crippen LogP contribution < -0.4 is 5.32 Å². The predicted molar refractivity (Wildman–Crippen MR) is 57.0 cm³/mol. The summed E-state index contributed by atoms with van der Waals surface area (Å²) in [5, 5.41) is 13.2. The fourth-order valence-electron chi connectivity index (χ4n) is 1.01. The van der Waals surface area contributed by atoms with Gasteiger partial charge < -0.3 is 10.4 Å². The second-order valence-electron chi connectivity index (χ2n) is 3.01. The van der Waals surface area contributed by atoms with E-state index in [2.05, 4.69) is 10.3 Å². The first-order valence-corrected chi connectivity index (χ1v) is 5.45. The molecule has 1 aromatic heterocycles. The molecule has 5 nitrogen and oxygen atoms in total. The zero-order chi connectivity index (χ0) is 11.3. The van der Waals surface area contributed by atoms with Gasteiger partial charge in [-0.25, -0.2) is 4.98 Å². The minimum Gasteiger partial charge on any atom is -0.481 e. The first-order chi connectivity index (χ1) is 7.11. The largest absolute Gasteiger partial charge is 0.481 e. The number of rotatable bonds is 5. The van der Waals surface area contributed by atoms with Gasteiger partial charge in [-0.3, -0.25) is 9.59 Å². The van der Waals surface area contributed by atoms with Gasteiger partial charge in [0.25, 0.3) is 0 Å². The van der Waals surface area contributed by atoms with Gasteiger partial charge in [-0.15, -0.1) is 11.3 Å². The molecule has 15 heavy (non-hydrogen) atoms. The number of aromatic nitrogens is 1. The number of carboxylic acid groups (broad SMARTS) is 1. The number of thiazole rings is 1. The molecule has 0 aromatic carbocycles. The highest BCUT2D eigenvalue weighted by Crippen LogP contribution is 2.16. The molecule has 1 aromatic rings. The molecule has 0 spiro atoms. The van der Waals surface area contributed by atoms with Crippen molar-refractivity contribution in [1.82, 2.24) is 4.98 Å². The normalized spacial score (nSPS) is 9.93. The maximum Gasteiger partial charge on any atom is 0.309 e. The average Bonchev–Trinajstić information content (AvgIpc) is 2.51. The van der Waals surface area contributed by atoms with Crippen LogP contribution in [0.15, 0.2) is 5.38 Å². The molecular weight excluding hydrogens is 216 g/mol. The number of carboxylic acids is 1. The highest BCUT2D eigenvalue weighted by molar-refractivity contribution is 7.13. The molecule has 1 amide bonds. The van der Waals surface area contributed by atoms with E-state index in [4.69, 9.17) is 5.11 Å². The van der Waals surface area contributed by atoms with Crippen LogP contribution in [-0.4, -0.2) is 22.0 Å². The molecule has 0 bridgehead atoms. The van der Waals surface area contributed by atoms with Crippen molar-refractivity contribution in [3.8, 4) is 0 Å². The Labute approximate surface area is 91.1 Å². The van der Waals surface area contributed by atoms with Gasteiger partial charge >= 0.3 is 5.97 Å². The van der Waals surface area contributed by atoms with Gasteiger partial charge in [0.05, 0.1) is 12.1 Å². The summed E-state index contributed by atoms with van der Waals surface area (Å²) >= 11 is 1.24. The van der Waals surface area contributed by atoms with Gasteiger partial charge in [0.1, 0.15) is 0 Å². The molecule has 2 N–H and O–H groups in total. The van der Waals surface area contributed by atoms with Crippen molar-refractivity contribution in [2.75, 3.05) is 5.32 Å². The Morgan fingerprint density at radius 2 is 2.33 bits per heavy atom. The lowest BCUT2D eigenvalue weighted by atomic mass is 10.3. The van der Waals surface area contributed by atoms with E-state index < -0.39 is 5.97 Å². The van der Waals surface area contributed by atoms with Crippen molar-refractivity contribution in [2.24, 2.45) is 0 Å². The van der Waals surface area contributed by atoms with Gasteiger partial charge in [-0.2, -0.15) is 0 Å². The Hall–Kier alpha value is -1.43. The first kappa shape index (κ1) is 11.6. The fourth-order valence-corrected chi connectivity index (χ4v) is 1.74. The molecule has 6 heteroatoms. The first-order valence-electron chi connectivity index (χ1n) is 4.58. The van der Waals surface area contributed by atoms with Crippen LogP contribution in [0.4, 0.5) is 5.13 Å². The number of hydrogen-bond donors (Lipinski definition) is 2. The lowest BCUT2D eigenvalue weighted by Gasteiger charge is -1.97. The number of aliphatic carboxylic acids is 1. The van der Waals surface area contributed by atoms with Crippen molar-refractivity contribution >= 4 is 28.3 Å². The lowest BCUT2D eigenvalue weighted by Crippen LogP contribution is -2.10. The molecule has 1 rings (SSSR count). The third-order valence-electron chi connectivity index (χ3n) is 1.61. The van der Waals surface area contributed by atoms with Crippen LogP contribution in [0, 0.1) is 0 Å². The number of nitrogens with one attached hydrogen (secondary N) is 1. The summed E-state index contributed by atoms with van der Waals surface area (Å²) < 4.78 is 0. The molecule has 0 aliphatic heterocycles. The summed E-state index contributed by atoms with van der Waals surface area (Å²) in [5.41, 5.74) is 0.472. The van der Waals surface area contributed by atoms with Crippen LogP contribution in [-0.2, 0) is 16.0 Å². The highest BCUT2D eigenvalue weighted by Gasteiger charge is 2.07. The maximum absolute atomic E-state index is 11.2. The van der Waals surface area contributed by atoms with Crippen molar-refractivity contribution in [3.63, 3.8) is 0 Å². The van der Waals surface area contributed by atoms with Gasteiger partial charge in [-0.1, -0.05) is 6.92 Å². The summed E-state index contributed by atoms with van der Waals surface area (Å²) in [4.78, 5) is 25.5. The SMILES string of the molecule is CCCC(=O)Nc1nc(CC(=O)O)cs1. The summed E-state index contributed by atoms with van der Waals surface area (Å²) in [6.45, 7) is 1.91. The third-order valence-corrected chi connectivity index (χ3v) is 2.41. The Kier molecular flexibility index (Phi) is 4.23. The van der Waals surface area contributed by atoms with E-state index in [1.54, 1.807) is 5.38 Å². The minimum absolute atomic E-state index is 0.0891. The third kappa shape index (κ3) is 4.07. The monoisotopic (exact) mass is 228 g/mol. The van der Waals surface area contributed by atoms with Gasteiger partial charge in [-0.05, 0) is 6.42 Å². The van der Waals surface area contributed by atoms with E-state index in [-0.39, 0.29) is 12.3 Å². The molecule has 0 atom stereocenters. The molecule has 0 aliphatic rings. The van der Waals surface area contributed by atoms with E-state index in [9.17, 15) is 9.59 Å². The molecule has 82 valence electrons. The Bertz CT molecular complexity index is 362. The molecule has 0 fully saturated rings. The molecule has 1 heterocycles. The fraction of sp³-hybridized carbons (Fsp3) is 0.444. The number of amides is 1. The number of anilines is 1. The zero-order valence-electron chi connectivity index (χ0n) is 8.32. The summed E-state index contributed by atoms with van der Waals surface area (Å²) in [6, 6.07) is 0. The standard InChI is InChI=1S/C9H12N2O3S/c1-2-3-7(12)11-9-10-6(5-15-9)4-8(13)14/h5H,2-4H2,1H3,(H,13,14)(H,10,11,12). The molecule has 0 saturated heterocycles. The van der Waals surface area contributed by atoms with E-state index >= 15 is 0 Å². The lowest BCUT2D eigenvalue weighted by molar-refractivity contribution is -0.136. The highest BCUT2D eigenvalue weighted by atomic mass is 32.1. The van der Waals surface area contributed by atoms with Crippen LogP contribution in [0.3, 0.4) is 0 Å². The zero-order valence-corrected chi connectivity index (χ0v) is 9.13. The molecule has 0 aliphatic carbocycles. The van der Waals surface area contributed by atoms with Crippen LogP contribution in [0.5, 0.6) is 0 Å². The summed E-state index contributed by atoms with van der Waals surface area (Å²) in [5.74, 6) is -1.01. The Morgan fingerprint density at radius 1 is 1.60 bits per heavy atom. The molecule has 0 unspecified atom stereocenters. The number of carbonyl (C=O) groups is 2. The van der Waals surface area contributed by atoms with Crippen LogP contribution in [0.25, 0.3) is 0 Å². The molecular formula is C9H12N2O3S. The van der Waals surface area contributed by atoms with E-state index in [1.807, 2.05) is 6.92 Å². The van der Waals surface area contributed by atoms with Gasteiger partial charge in [0.15, 0.2) is 5.13 Å².